The second-order valence-corrected chi connectivity index (χ2v) is 7.97. The fourth-order valence-electron chi connectivity index (χ4n) is 1.36. The Kier molecular flexibility index (Phi) is 11.0. The van der Waals surface area contributed by atoms with E-state index in [4.69, 9.17) is 29.0 Å². The predicted octanol–water partition coefficient (Wildman–Crippen LogP) is 0.935. The maximum Gasteiger partial charge on any atom is 0.325 e. The van der Waals surface area contributed by atoms with Gasteiger partial charge in [0.15, 0.2) is 0 Å². The van der Waals surface area contributed by atoms with Gasteiger partial charge in [-0.2, -0.15) is 0 Å². The highest BCUT2D eigenvalue weighted by molar-refractivity contribution is 7.52. The van der Waals surface area contributed by atoms with E-state index < -0.39 is 15.2 Å². The van der Waals surface area contributed by atoms with Crippen molar-refractivity contribution >= 4 is 15.2 Å². The quantitative estimate of drug-likeness (QED) is 0.289. The minimum absolute atomic E-state index is 0.157. The van der Waals surface area contributed by atoms with Crippen molar-refractivity contribution in [3.63, 3.8) is 0 Å². The van der Waals surface area contributed by atoms with Gasteiger partial charge in [0, 0.05) is 26.4 Å². The molecule has 0 aromatic rings. The second kappa shape index (κ2) is 10.9. The van der Waals surface area contributed by atoms with Gasteiger partial charge in [0.1, 0.15) is 0 Å². The molecule has 20 heavy (non-hydrogen) atoms. The Morgan fingerprint density at radius 1 is 0.600 bits per heavy atom. The molecule has 8 nitrogen and oxygen atoms in total. The van der Waals surface area contributed by atoms with E-state index in [1.807, 2.05) is 0 Å². The SMILES string of the molecule is O=P(O)(O)CCCOCCCCOCCCP(=O)(O)O. The third-order valence-electron chi connectivity index (χ3n) is 2.30. The Hall–Kier alpha value is 0.220. The zero-order chi connectivity index (χ0) is 15.5. The van der Waals surface area contributed by atoms with Crippen LogP contribution in [-0.2, 0) is 18.6 Å². The lowest BCUT2D eigenvalue weighted by molar-refractivity contribution is 0.103. The van der Waals surface area contributed by atoms with Crippen molar-refractivity contribution in [1.29, 1.82) is 0 Å². The molecule has 10 heteroatoms. The van der Waals surface area contributed by atoms with Crippen LogP contribution in [0.2, 0.25) is 0 Å². The molecular weight excluding hydrogens is 310 g/mol. The van der Waals surface area contributed by atoms with Crippen LogP contribution in [0.3, 0.4) is 0 Å². The summed E-state index contributed by atoms with van der Waals surface area (Å²) in [5, 5.41) is 0. The smallest absolute Gasteiger partial charge is 0.325 e. The summed E-state index contributed by atoms with van der Waals surface area (Å²) in [5.74, 6) is 0. The highest BCUT2D eigenvalue weighted by atomic mass is 31.2. The highest BCUT2D eigenvalue weighted by Crippen LogP contribution is 2.35. The van der Waals surface area contributed by atoms with Crippen LogP contribution in [0.5, 0.6) is 0 Å². The van der Waals surface area contributed by atoms with Gasteiger partial charge in [-0.05, 0) is 25.7 Å². The zero-order valence-electron chi connectivity index (χ0n) is 11.4. The Morgan fingerprint density at radius 2 is 0.900 bits per heavy atom. The number of rotatable bonds is 13. The van der Waals surface area contributed by atoms with E-state index in [1.54, 1.807) is 0 Å². The molecule has 0 aliphatic carbocycles. The first-order valence-electron chi connectivity index (χ1n) is 6.45. The molecular formula is C10H24O8P2. The fraction of sp³-hybridized carbons (Fsp3) is 1.00. The average Bonchev–Trinajstić information content (AvgIpc) is 2.27. The van der Waals surface area contributed by atoms with E-state index in [9.17, 15) is 9.13 Å². The van der Waals surface area contributed by atoms with Gasteiger partial charge in [-0.25, -0.2) is 0 Å². The molecule has 0 heterocycles. The molecule has 0 amide bonds. The van der Waals surface area contributed by atoms with E-state index in [2.05, 4.69) is 0 Å². The summed E-state index contributed by atoms with van der Waals surface area (Å²) in [5.41, 5.74) is 0. The van der Waals surface area contributed by atoms with Gasteiger partial charge >= 0.3 is 15.2 Å². The molecule has 0 aromatic heterocycles. The fourth-order valence-corrected chi connectivity index (χ4v) is 2.44. The Bertz CT molecular complexity index is 291. The lowest BCUT2D eigenvalue weighted by Gasteiger charge is -2.07. The van der Waals surface area contributed by atoms with Crippen LogP contribution in [0.4, 0.5) is 0 Å². The Balaban J connectivity index is 3.14. The van der Waals surface area contributed by atoms with Crippen LogP contribution in [0.15, 0.2) is 0 Å². The molecule has 0 unspecified atom stereocenters. The van der Waals surface area contributed by atoms with Gasteiger partial charge in [-0.15, -0.1) is 0 Å². The summed E-state index contributed by atoms with van der Waals surface area (Å²) in [4.78, 5) is 34.4. The topological polar surface area (TPSA) is 134 Å². The molecule has 0 saturated carbocycles. The van der Waals surface area contributed by atoms with Crippen LogP contribution >= 0.6 is 15.2 Å². The lowest BCUT2D eigenvalue weighted by Crippen LogP contribution is -2.03. The average molecular weight is 334 g/mol. The molecule has 0 fully saturated rings. The minimum atomic E-state index is -3.91. The number of hydrogen-bond donors (Lipinski definition) is 4. The van der Waals surface area contributed by atoms with Crippen molar-refractivity contribution in [2.24, 2.45) is 0 Å². The maximum absolute atomic E-state index is 10.5. The summed E-state index contributed by atoms with van der Waals surface area (Å²) < 4.78 is 31.5. The monoisotopic (exact) mass is 334 g/mol. The Morgan fingerprint density at radius 3 is 1.20 bits per heavy atom. The molecule has 0 saturated heterocycles. The summed E-state index contributed by atoms with van der Waals surface area (Å²) in [7, 11) is -7.82. The Labute approximate surface area is 118 Å². The summed E-state index contributed by atoms with van der Waals surface area (Å²) >= 11 is 0. The highest BCUT2D eigenvalue weighted by Gasteiger charge is 2.11. The van der Waals surface area contributed by atoms with Crippen molar-refractivity contribution in [3.05, 3.63) is 0 Å². The largest absolute Gasteiger partial charge is 0.381 e. The molecule has 0 aromatic carbocycles. The van der Waals surface area contributed by atoms with Crippen molar-refractivity contribution < 1.29 is 38.2 Å². The first-order valence-corrected chi connectivity index (χ1v) is 10.0. The van der Waals surface area contributed by atoms with E-state index >= 15 is 0 Å². The number of ether oxygens (including phenoxy) is 2. The van der Waals surface area contributed by atoms with Crippen molar-refractivity contribution in [3.8, 4) is 0 Å². The lowest BCUT2D eigenvalue weighted by atomic mass is 10.3. The van der Waals surface area contributed by atoms with E-state index in [0.717, 1.165) is 12.8 Å². The first kappa shape index (κ1) is 20.2. The van der Waals surface area contributed by atoms with Crippen LogP contribution in [0.1, 0.15) is 25.7 Å². The molecule has 0 atom stereocenters. The summed E-state index contributed by atoms with van der Waals surface area (Å²) in [6, 6.07) is 0. The molecule has 0 aliphatic heterocycles. The third kappa shape index (κ3) is 18.2. The van der Waals surface area contributed by atoms with Crippen molar-refractivity contribution in [2.75, 3.05) is 38.8 Å². The minimum Gasteiger partial charge on any atom is -0.381 e. The van der Waals surface area contributed by atoms with Crippen LogP contribution in [0.25, 0.3) is 0 Å². The van der Waals surface area contributed by atoms with E-state index in [0.29, 0.717) is 39.3 Å². The van der Waals surface area contributed by atoms with Gasteiger partial charge in [0.05, 0.1) is 12.3 Å². The summed E-state index contributed by atoms with van der Waals surface area (Å²) in [6.45, 7) is 1.67. The zero-order valence-corrected chi connectivity index (χ0v) is 13.2. The van der Waals surface area contributed by atoms with Crippen molar-refractivity contribution in [1.82, 2.24) is 0 Å². The molecule has 0 aliphatic rings. The van der Waals surface area contributed by atoms with E-state index in [-0.39, 0.29) is 12.3 Å². The third-order valence-corrected chi connectivity index (χ3v) is 4.10. The molecule has 122 valence electrons. The van der Waals surface area contributed by atoms with Gasteiger partial charge in [0.2, 0.25) is 0 Å². The van der Waals surface area contributed by atoms with Gasteiger partial charge in [0.25, 0.3) is 0 Å². The molecule has 0 bridgehead atoms. The predicted molar refractivity (Wildman–Crippen MR) is 73.9 cm³/mol. The number of hydrogen-bond acceptors (Lipinski definition) is 4. The summed E-state index contributed by atoms with van der Waals surface area (Å²) in [6.07, 6.45) is 1.90. The molecule has 0 radical (unpaired) electrons. The van der Waals surface area contributed by atoms with Gasteiger partial charge in [-0.1, -0.05) is 0 Å². The first-order chi connectivity index (χ1) is 9.21. The van der Waals surface area contributed by atoms with Crippen molar-refractivity contribution in [2.45, 2.75) is 25.7 Å². The van der Waals surface area contributed by atoms with Gasteiger partial charge < -0.3 is 29.0 Å². The van der Waals surface area contributed by atoms with Crippen LogP contribution < -0.4 is 0 Å². The maximum atomic E-state index is 10.5. The normalized spacial score (nSPS) is 12.8. The molecule has 0 spiro atoms. The van der Waals surface area contributed by atoms with Crippen LogP contribution in [-0.4, -0.2) is 58.3 Å². The van der Waals surface area contributed by atoms with Crippen LogP contribution in [0, 0.1) is 0 Å². The standard InChI is InChI=1S/C10H24O8P2/c11-19(12,13)9-3-7-17-5-1-2-6-18-8-4-10-20(14,15)16/h1-10H2,(H2,11,12,13)(H2,14,15,16). The van der Waals surface area contributed by atoms with E-state index in [1.165, 1.54) is 0 Å². The number of unbranched alkanes of at least 4 members (excludes halogenated alkanes) is 1. The van der Waals surface area contributed by atoms with Gasteiger partial charge in [-0.3, -0.25) is 9.13 Å². The molecule has 0 rings (SSSR count). The molecule has 4 N–H and O–H groups in total. The second-order valence-electron chi connectivity index (χ2n) is 4.42.